The van der Waals surface area contributed by atoms with Crippen LogP contribution in [-0.2, 0) is 9.53 Å². The molecule has 106 valence electrons. The summed E-state index contributed by atoms with van der Waals surface area (Å²) in [6.07, 6.45) is 2.07. The fraction of sp³-hybridized carbons (Fsp3) is 0.533. The zero-order valence-electron chi connectivity index (χ0n) is 11.8. The minimum atomic E-state index is -0.539. The van der Waals surface area contributed by atoms with Gasteiger partial charge in [0.15, 0.2) is 6.10 Å². The van der Waals surface area contributed by atoms with E-state index in [2.05, 4.69) is 6.92 Å². The maximum atomic E-state index is 11.6. The Morgan fingerprint density at radius 1 is 1.16 bits per heavy atom. The molecule has 0 radical (unpaired) electrons. The smallest absolute Gasteiger partial charge is 0.347 e. The third-order valence-corrected chi connectivity index (χ3v) is 2.70. The second-order valence-electron chi connectivity index (χ2n) is 4.18. The molecule has 1 atom stereocenters. The zero-order chi connectivity index (χ0) is 14.1. The van der Waals surface area contributed by atoms with Gasteiger partial charge in [0.25, 0.3) is 0 Å². The first-order chi connectivity index (χ1) is 9.21. The van der Waals surface area contributed by atoms with Gasteiger partial charge < -0.3 is 14.2 Å². The van der Waals surface area contributed by atoms with Crippen LogP contribution in [0.4, 0.5) is 0 Å². The van der Waals surface area contributed by atoms with Crippen molar-refractivity contribution in [1.82, 2.24) is 0 Å². The Balaban J connectivity index is 2.64. The summed E-state index contributed by atoms with van der Waals surface area (Å²) in [5, 5.41) is 0. The largest absolute Gasteiger partial charge is 0.494 e. The molecule has 4 heteroatoms. The van der Waals surface area contributed by atoms with Crippen LogP contribution in [0, 0.1) is 0 Å². The second-order valence-corrected chi connectivity index (χ2v) is 4.18. The Morgan fingerprint density at radius 3 is 2.32 bits per heavy atom. The molecule has 1 unspecified atom stereocenters. The van der Waals surface area contributed by atoms with E-state index in [0.717, 1.165) is 18.6 Å². The first-order valence-corrected chi connectivity index (χ1v) is 6.68. The van der Waals surface area contributed by atoms with Gasteiger partial charge in [-0.2, -0.15) is 0 Å². The van der Waals surface area contributed by atoms with Crippen molar-refractivity contribution < 1.29 is 19.0 Å². The van der Waals surface area contributed by atoms with Crippen molar-refractivity contribution in [3.05, 3.63) is 24.3 Å². The molecule has 0 bridgehead atoms. The van der Waals surface area contributed by atoms with Gasteiger partial charge in [0.1, 0.15) is 11.5 Å². The molecule has 0 fully saturated rings. The lowest BCUT2D eigenvalue weighted by molar-refractivity contribution is -0.149. The van der Waals surface area contributed by atoms with E-state index in [0.29, 0.717) is 18.8 Å². The molecule has 0 aromatic heterocycles. The van der Waals surface area contributed by atoms with Gasteiger partial charge in [0.2, 0.25) is 0 Å². The van der Waals surface area contributed by atoms with Crippen molar-refractivity contribution in [3.63, 3.8) is 0 Å². The molecule has 0 N–H and O–H groups in total. The number of methoxy groups -OCH3 is 1. The number of hydrogen-bond acceptors (Lipinski definition) is 4. The number of esters is 1. The Morgan fingerprint density at radius 2 is 1.79 bits per heavy atom. The van der Waals surface area contributed by atoms with Crippen LogP contribution in [0.15, 0.2) is 24.3 Å². The molecule has 0 saturated carbocycles. The number of carbonyl (C=O) groups excluding carboxylic acids is 1. The van der Waals surface area contributed by atoms with E-state index in [4.69, 9.17) is 14.2 Å². The molecule has 4 nitrogen and oxygen atoms in total. The average molecular weight is 266 g/mol. The van der Waals surface area contributed by atoms with E-state index in [1.807, 2.05) is 19.1 Å². The molecule has 0 saturated heterocycles. The summed E-state index contributed by atoms with van der Waals surface area (Å²) in [6, 6.07) is 7.25. The Bertz CT molecular complexity index is 372. The first kappa shape index (κ1) is 15.3. The lowest BCUT2D eigenvalue weighted by Crippen LogP contribution is -2.28. The van der Waals surface area contributed by atoms with Crippen LogP contribution >= 0.6 is 0 Å². The van der Waals surface area contributed by atoms with E-state index in [9.17, 15) is 4.79 Å². The predicted molar refractivity (Wildman–Crippen MR) is 73.6 cm³/mol. The molecule has 19 heavy (non-hydrogen) atoms. The first-order valence-electron chi connectivity index (χ1n) is 6.68. The maximum absolute atomic E-state index is 11.6. The highest BCUT2D eigenvalue weighted by Crippen LogP contribution is 2.20. The monoisotopic (exact) mass is 266 g/mol. The molecule has 0 spiro atoms. The molecular weight excluding hydrogens is 244 g/mol. The molecule has 0 aliphatic rings. The molecule has 1 aromatic carbocycles. The highest BCUT2D eigenvalue weighted by molar-refractivity contribution is 5.74. The lowest BCUT2D eigenvalue weighted by Gasteiger charge is -2.16. The fourth-order valence-electron chi connectivity index (χ4n) is 1.69. The molecule has 0 aliphatic heterocycles. The minimum Gasteiger partial charge on any atom is -0.494 e. The van der Waals surface area contributed by atoms with Gasteiger partial charge in [-0.05, 0) is 44.0 Å². The van der Waals surface area contributed by atoms with Crippen LogP contribution in [0.2, 0.25) is 0 Å². The van der Waals surface area contributed by atoms with Gasteiger partial charge in [0, 0.05) is 0 Å². The molecular formula is C15H22O4. The van der Waals surface area contributed by atoms with Crippen LogP contribution in [0.1, 0.15) is 33.1 Å². The second kappa shape index (κ2) is 8.40. The topological polar surface area (TPSA) is 44.8 Å². The third kappa shape index (κ3) is 5.20. The summed E-state index contributed by atoms with van der Waals surface area (Å²) >= 11 is 0. The highest BCUT2D eigenvalue weighted by Gasteiger charge is 2.20. The van der Waals surface area contributed by atoms with Gasteiger partial charge >= 0.3 is 5.97 Å². The van der Waals surface area contributed by atoms with Gasteiger partial charge in [-0.3, -0.25) is 0 Å². The minimum absolute atomic E-state index is 0.331. The van der Waals surface area contributed by atoms with Crippen LogP contribution in [0.25, 0.3) is 0 Å². The number of benzene rings is 1. The van der Waals surface area contributed by atoms with Crippen molar-refractivity contribution in [2.24, 2.45) is 0 Å². The zero-order valence-corrected chi connectivity index (χ0v) is 11.8. The number of carbonyl (C=O) groups is 1. The van der Waals surface area contributed by atoms with Crippen LogP contribution in [0.3, 0.4) is 0 Å². The van der Waals surface area contributed by atoms with E-state index < -0.39 is 6.10 Å². The number of ether oxygens (including phenoxy) is 3. The van der Waals surface area contributed by atoms with E-state index >= 15 is 0 Å². The summed E-state index contributed by atoms with van der Waals surface area (Å²) in [7, 11) is 1.38. The summed E-state index contributed by atoms with van der Waals surface area (Å²) in [5.41, 5.74) is 0. The number of unbranched alkanes of at least 4 members (excludes halogenated alkanes) is 1. The fourth-order valence-corrected chi connectivity index (χ4v) is 1.69. The van der Waals surface area contributed by atoms with Gasteiger partial charge in [-0.15, -0.1) is 0 Å². The van der Waals surface area contributed by atoms with Crippen LogP contribution in [0.5, 0.6) is 11.5 Å². The van der Waals surface area contributed by atoms with Gasteiger partial charge in [-0.25, -0.2) is 4.79 Å². The Labute approximate surface area is 114 Å². The van der Waals surface area contributed by atoms with Crippen molar-refractivity contribution >= 4 is 5.97 Å². The summed E-state index contributed by atoms with van der Waals surface area (Å²) in [6.45, 7) is 4.63. The molecule has 0 aliphatic carbocycles. The maximum Gasteiger partial charge on any atom is 0.347 e. The van der Waals surface area contributed by atoms with E-state index in [1.165, 1.54) is 7.11 Å². The highest BCUT2D eigenvalue weighted by atomic mass is 16.6. The summed E-state index contributed by atoms with van der Waals surface area (Å²) in [5.74, 6) is 1.11. The van der Waals surface area contributed by atoms with E-state index in [1.54, 1.807) is 12.1 Å². The van der Waals surface area contributed by atoms with Gasteiger partial charge in [-0.1, -0.05) is 13.3 Å². The summed E-state index contributed by atoms with van der Waals surface area (Å²) in [4.78, 5) is 11.6. The lowest BCUT2D eigenvalue weighted by atomic mass is 10.1. The number of rotatable bonds is 8. The van der Waals surface area contributed by atoms with E-state index in [-0.39, 0.29) is 5.97 Å². The quantitative estimate of drug-likeness (QED) is 0.678. The van der Waals surface area contributed by atoms with Crippen molar-refractivity contribution in [2.75, 3.05) is 13.7 Å². The van der Waals surface area contributed by atoms with Crippen molar-refractivity contribution in [3.8, 4) is 11.5 Å². The molecule has 0 heterocycles. The predicted octanol–water partition coefficient (Wildman–Crippen LogP) is 3.20. The number of hydrogen-bond donors (Lipinski definition) is 0. The SMILES string of the molecule is CCCCC(Oc1ccc(OCC)cc1)C(=O)OC. The molecule has 1 aromatic rings. The summed E-state index contributed by atoms with van der Waals surface area (Å²) < 4.78 is 15.8. The normalized spacial score (nSPS) is 11.7. The Hall–Kier alpha value is -1.71. The average Bonchev–Trinajstić information content (AvgIpc) is 2.44. The molecule has 0 amide bonds. The molecule has 1 rings (SSSR count). The van der Waals surface area contributed by atoms with Crippen LogP contribution in [-0.4, -0.2) is 25.8 Å². The standard InChI is InChI=1S/C15H22O4/c1-4-6-7-14(15(16)17-3)19-13-10-8-12(9-11-13)18-5-2/h8-11,14H,4-7H2,1-3H3. The third-order valence-electron chi connectivity index (χ3n) is 2.70. The van der Waals surface area contributed by atoms with Gasteiger partial charge in [0.05, 0.1) is 13.7 Å². The van der Waals surface area contributed by atoms with Crippen molar-refractivity contribution in [2.45, 2.75) is 39.2 Å². The van der Waals surface area contributed by atoms with Crippen LogP contribution < -0.4 is 9.47 Å². The van der Waals surface area contributed by atoms with Crippen molar-refractivity contribution in [1.29, 1.82) is 0 Å². The Kier molecular flexibility index (Phi) is 6.79.